The van der Waals surface area contributed by atoms with Crippen molar-refractivity contribution in [2.75, 3.05) is 38.0 Å². The fraction of sp³-hybridized carbons (Fsp3) is 0.360. The Bertz CT molecular complexity index is 1400. The highest BCUT2D eigenvalue weighted by Crippen LogP contribution is 2.22. The van der Waals surface area contributed by atoms with E-state index in [1.807, 2.05) is 54.3 Å². The van der Waals surface area contributed by atoms with Gasteiger partial charge in [0.2, 0.25) is 15.9 Å². The summed E-state index contributed by atoms with van der Waals surface area (Å²) in [6.07, 6.45) is 0. The zero-order chi connectivity index (χ0) is 25.3. The fourth-order valence-electron chi connectivity index (χ4n) is 4.35. The SMILES string of the molecule is Cc1ccc(C)c(S(=O)(=O)N2CCN(CC(=O)Nc3c(C)n(C)n(-c4ccccc4)c3=O)CC2)c1. The topological polar surface area (TPSA) is 96.7 Å². The van der Waals surface area contributed by atoms with Crippen molar-refractivity contribution in [1.82, 2.24) is 18.6 Å². The Hall–Kier alpha value is -3.21. The van der Waals surface area contributed by atoms with E-state index in [2.05, 4.69) is 5.32 Å². The number of sulfonamides is 1. The molecule has 4 rings (SSSR count). The van der Waals surface area contributed by atoms with Crippen molar-refractivity contribution in [1.29, 1.82) is 0 Å². The summed E-state index contributed by atoms with van der Waals surface area (Å²) < 4.78 is 31.0. The molecule has 10 heteroatoms. The summed E-state index contributed by atoms with van der Waals surface area (Å²) in [7, 11) is -1.82. The summed E-state index contributed by atoms with van der Waals surface area (Å²) in [5.41, 5.74) is 2.93. The summed E-state index contributed by atoms with van der Waals surface area (Å²) in [6, 6.07) is 14.7. The Morgan fingerprint density at radius 1 is 0.971 bits per heavy atom. The molecular weight excluding hydrogens is 466 g/mol. The molecule has 1 aliphatic heterocycles. The summed E-state index contributed by atoms with van der Waals surface area (Å²) in [6.45, 7) is 6.99. The van der Waals surface area contributed by atoms with Crippen molar-refractivity contribution in [3.8, 4) is 5.69 Å². The van der Waals surface area contributed by atoms with Crippen molar-refractivity contribution in [2.45, 2.75) is 25.7 Å². The molecule has 0 unspecified atom stereocenters. The number of carbonyl (C=O) groups excluding carboxylic acids is 1. The fourth-order valence-corrected chi connectivity index (χ4v) is 6.08. The average molecular weight is 498 g/mol. The molecule has 0 aliphatic carbocycles. The molecule has 2 aromatic carbocycles. The largest absolute Gasteiger partial charge is 0.319 e. The van der Waals surface area contributed by atoms with Gasteiger partial charge in [-0.2, -0.15) is 4.31 Å². The summed E-state index contributed by atoms with van der Waals surface area (Å²) in [5.74, 6) is -0.304. The maximum Gasteiger partial charge on any atom is 0.295 e. The van der Waals surface area contributed by atoms with Gasteiger partial charge in [-0.1, -0.05) is 30.3 Å². The number of hydrogen-bond acceptors (Lipinski definition) is 5. The molecule has 0 spiro atoms. The summed E-state index contributed by atoms with van der Waals surface area (Å²) in [4.78, 5) is 28.0. The molecular formula is C25H31N5O4S. The first-order valence-corrected chi connectivity index (χ1v) is 13.0. The summed E-state index contributed by atoms with van der Waals surface area (Å²) >= 11 is 0. The molecule has 2 heterocycles. The highest BCUT2D eigenvalue weighted by Gasteiger charge is 2.30. The number of aromatic nitrogens is 2. The quantitative estimate of drug-likeness (QED) is 0.562. The van der Waals surface area contributed by atoms with Crippen molar-refractivity contribution in [3.05, 3.63) is 75.7 Å². The molecule has 1 aromatic heterocycles. The van der Waals surface area contributed by atoms with Crippen LogP contribution in [-0.4, -0.2) is 65.6 Å². The number of para-hydroxylation sites is 1. The Labute approximate surface area is 205 Å². The zero-order valence-electron chi connectivity index (χ0n) is 20.5. The van der Waals surface area contributed by atoms with E-state index in [1.165, 1.54) is 8.99 Å². The van der Waals surface area contributed by atoms with Crippen LogP contribution in [0, 0.1) is 20.8 Å². The first-order valence-electron chi connectivity index (χ1n) is 11.5. The van der Waals surface area contributed by atoms with E-state index in [-0.39, 0.29) is 23.7 Å². The van der Waals surface area contributed by atoms with Gasteiger partial charge in [0.25, 0.3) is 5.56 Å². The third-order valence-corrected chi connectivity index (χ3v) is 8.52. The first kappa shape index (κ1) is 24.9. The molecule has 186 valence electrons. The van der Waals surface area contributed by atoms with E-state index in [4.69, 9.17) is 0 Å². The molecule has 1 amide bonds. The second-order valence-electron chi connectivity index (χ2n) is 8.93. The number of piperazine rings is 1. The lowest BCUT2D eigenvalue weighted by atomic mass is 10.2. The molecule has 0 radical (unpaired) electrons. The van der Waals surface area contributed by atoms with Crippen LogP contribution in [0.1, 0.15) is 16.8 Å². The van der Waals surface area contributed by atoms with Crippen LogP contribution in [0.4, 0.5) is 5.69 Å². The molecule has 1 saturated heterocycles. The minimum absolute atomic E-state index is 0.0798. The number of aryl methyl sites for hydroxylation is 2. The van der Waals surface area contributed by atoms with E-state index in [0.717, 1.165) is 11.1 Å². The van der Waals surface area contributed by atoms with Gasteiger partial charge in [-0.05, 0) is 50.1 Å². The Morgan fingerprint density at radius 2 is 1.63 bits per heavy atom. The molecule has 35 heavy (non-hydrogen) atoms. The average Bonchev–Trinajstić information content (AvgIpc) is 3.04. The standard InChI is InChI=1S/C25H31N5O4S/c1-18-10-11-19(2)22(16-18)35(33,34)29-14-12-28(13-15-29)17-23(31)26-24-20(3)27(4)30(25(24)32)21-8-6-5-7-9-21/h5-11,16H,12-15,17H2,1-4H3,(H,26,31). The van der Waals surface area contributed by atoms with Crippen molar-refractivity contribution in [3.63, 3.8) is 0 Å². The zero-order valence-corrected chi connectivity index (χ0v) is 21.3. The van der Waals surface area contributed by atoms with Crippen LogP contribution < -0.4 is 10.9 Å². The number of nitrogens with zero attached hydrogens (tertiary/aromatic N) is 4. The van der Waals surface area contributed by atoms with Crippen LogP contribution in [0.5, 0.6) is 0 Å². The van der Waals surface area contributed by atoms with Gasteiger partial charge in [-0.25, -0.2) is 13.1 Å². The minimum atomic E-state index is -3.60. The second-order valence-corrected chi connectivity index (χ2v) is 10.8. The van der Waals surface area contributed by atoms with Gasteiger partial charge < -0.3 is 5.32 Å². The van der Waals surface area contributed by atoms with E-state index in [9.17, 15) is 18.0 Å². The number of nitrogens with one attached hydrogen (secondary N) is 1. The van der Waals surface area contributed by atoms with E-state index in [1.54, 1.807) is 31.6 Å². The molecule has 1 N–H and O–H groups in total. The van der Waals surface area contributed by atoms with Crippen LogP contribution in [0.25, 0.3) is 5.69 Å². The number of hydrogen-bond donors (Lipinski definition) is 1. The molecule has 1 aliphatic rings. The molecule has 0 saturated carbocycles. The third kappa shape index (κ3) is 4.95. The number of carbonyl (C=O) groups is 1. The highest BCUT2D eigenvalue weighted by atomic mass is 32.2. The van der Waals surface area contributed by atoms with Crippen molar-refractivity contribution < 1.29 is 13.2 Å². The second kappa shape index (κ2) is 9.80. The van der Waals surface area contributed by atoms with Crippen LogP contribution in [0.2, 0.25) is 0 Å². The number of anilines is 1. The maximum atomic E-state index is 13.1. The van der Waals surface area contributed by atoms with Crippen LogP contribution in [0.3, 0.4) is 0 Å². The van der Waals surface area contributed by atoms with Gasteiger partial charge in [0.15, 0.2) is 0 Å². The number of rotatable bonds is 6. The third-order valence-electron chi connectivity index (χ3n) is 6.48. The molecule has 9 nitrogen and oxygen atoms in total. The molecule has 1 fully saturated rings. The molecule has 0 bridgehead atoms. The summed E-state index contributed by atoms with van der Waals surface area (Å²) in [5, 5.41) is 2.77. The van der Waals surface area contributed by atoms with Crippen LogP contribution >= 0.6 is 0 Å². The van der Waals surface area contributed by atoms with E-state index < -0.39 is 10.0 Å². The van der Waals surface area contributed by atoms with E-state index in [0.29, 0.717) is 42.5 Å². The highest BCUT2D eigenvalue weighted by molar-refractivity contribution is 7.89. The maximum absolute atomic E-state index is 13.1. The Morgan fingerprint density at radius 3 is 2.29 bits per heavy atom. The van der Waals surface area contributed by atoms with Crippen molar-refractivity contribution >= 4 is 21.6 Å². The Kier molecular flexibility index (Phi) is 6.98. The van der Waals surface area contributed by atoms with Gasteiger partial charge in [-0.3, -0.25) is 19.2 Å². The lowest BCUT2D eigenvalue weighted by molar-refractivity contribution is -0.117. The van der Waals surface area contributed by atoms with Gasteiger partial charge in [0.05, 0.1) is 22.8 Å². The van der Waals surface area contributed by atoms with Crippen LogP contribution in [0.15, 0.2) is 58.2 Å². The monoisotopic (exact) mass is 497 g/mol. The van der Waals surface area contributed by atoms with Gasteiger partial charge in [0.1, 0.15) is 5.69 Å². The predicted molar refractivity (Wildman–Crippen MR) is 135 cm³/mol. The minimum Gasteiger partial charge on any atom is -0.319 e. The number of benzene rings is 2. The number of amides is 1. The van der Waals surface area contributed by atoms with Gasteiger partial charge in [0, 0.05) is 33.2 Å². The lowest BCUT2D eigenvalue weighted by Crippen LogP contribution is -2.50. The first-order chi connectivity index (χ1) is 16.6. The van der Waals surface area contributed by atoms with Gasteiger partial charge >= 0.3 is 0 Å². The normalized spacial score (nSPS) is 15.3. The smallest absolute Gasteiger partial charge is 0.295 e. The predicted octanol–water partition coefficient (Wildman–Crippen LogP) is 2.05. The molecule has 0 atom stereocenters. The van der Waals surface area contributed by atoms with Crippen LogP contribution in [-0.2, 0) is 21.9 Å². The molecule has 3 aromatic rings. The van der Waals surface area contributed by atoms with Gasteiger partial charge in [-0.15, -0.1) is 0 Å². The lowest BCUT2D eigenvalue weighted by Gasteiger charge is -2.33. The van der Waals surface area contributed by atoms with Crippen molar-refractivity contribution in [2.24, 2.45) is 7.05 Å². The van der Waals surface area contributed by atoms with E-state index >= 15 is 0 Å². The Balaban J connectivity index is 1.41.